The fourth-order valence-electron chi connectivity index (χ4n) is 3.41. The molecule has 0 radical (unpaired) electrons. The van der Waals surface area contributed by atoms with Gasteiger partial charge < -0.3 is 0 Å². The number of nitrogens with one attached hydrogen (secondary N) is 2. The van der Waals surface area contributed by atoms with Crippen molar-refractivity contribution >= 4 is 11.0 Å². The summed E-state index contributed by atoms with van der Waals surface area (Å²) in [6, 6.07) is 1.01. The molecule has 0 amide bonds. The van der Waals surface area contributed by atoms with Gasteiger partial charge in [0.25, 0.3) is 5.56 Å². The lowest BCUT2D eigenvalue weighted by Gasteiger charge is -2.23. The summed E-state index contributed by atoms with van der Waals surface area (Å²) in [4.78, 5) is 27.9. The predicted octanol–water partition coefficient (Wildman–Crippen LogP) is 3.92. The number of nitrogens with zero attached hydrogens (tertiary/aromatic N) is 2. The molecule has 0 aliphatic heterocycles. The van der Waals surface area contributed by atoms with Gasteiger partial charge in [0.2, 0.25) is 0 Å². The predicted molar refractivity (Wildman–Crippen MR) is 95.1 cm³/mol. The molecule has 13 heteroatoms. The highest BCUT2D eigenvalue weighted by Crippen LogP contribution is 2.35. The van der Waals surface area contributed by atoms with Crippen molar-refractivity contribution in [1.82, 2.24) is 19.7 Å². The fraction of sp³-hybridized carbons (Fsp3) is 0.389. The molecule has 31 heavy (non-hydrogen) atoms. The van der Waals surface area contributed by atoms with Gasteiger partial charge in [-0.15, -0.1) is 0 Å². The minimum atomic E-state index is -4.94. The number of benzene rings is 1. The van der Waals surface area contributed by atoms with Gasteiger partial charge >= 0.3 is 18.0 Å². The summed E-state index contributed by atoms with van der Waals surface area (Å²) in [5, 5.41) is 3.32. The first-order valence-electron chi connectivity index (χ1n) is 8.86. The SMILES string of the molecule is CC(C)C(c1ccc(C(F)(F)F)c(F)c1)n1nc(CC(F)(F)F)c2c(=O)[nH]c(=O)[nH]c21. The highest BCUT2D eigenvalue weighted by molar-refractivity contribution is 5.77. The molecule has 2 aromatic heterocycles. The Balaban J connectivity index is 2.28. The highest BCUT2D eigenvalue weighted by Gasteiger charge is 2.36. The maximum atomic E-state index is 14.1. The smallest absolute Gasteiger partial charge is 0.292 e. The zero-order valence-corrected chi connectivity index (χ0v) is 16.0. The molecule has 1 atom stereocenters. The molecular weight excluding hydrogens is 437 g/mol. The van der Waals surface area contributed by atoms with Crippen molar-refractivity contribution < 1.29 is 30.7 Å². The van der Waals surface area contributed by atoms with E-state index in [0.29, 0.717) is 12.1 Å². The summed E-state index contributed by atoms with van der Waals surface area (Å²) < 4.78 is 92.7. The first kappa shape index (κ1) is 22.6. The van der Waals surface area contributed by atoms with Gasteiger partial charge in [0, 0.05) is 0 Å². The minimum absolute atomic E-state index is 0.0374. The maximum Gasteiger partial charge on any atom is 0.419 e. The Morgan fingerprint density at radius 3 is 2.23 bits per heavy atom. The second-order valence-electron chi connectivity index (χ2n) is 7.24. The van der Waals surface area contributed by atoms with Gasteiger partial charge in [-0.25, -0.2) is 13.9 Å². The van der Waals surface area contributed by atoms with E-state index in [9.17, 15) is 40.3 Å². The third-order valence-electron chi connectivity index (χ3n) is 4.57. The summed E-state index contributed by atoms with van der Waals surface area (Å²) in [6.45, 7) is 3.14. The minimum Gasteiger partial charge on any atom is -0.292 e. The lowest BCUT2D eigenvalue weighted by atomic mass is 9.95. The first-order valence-corrected chi connectivity index (χ1v) is 8.86. The monoisotopic (exact) mass is 452 g/mol. The molecule has 0 fully saturated rings. The van der Waals surface area contributed by atoms with E-state index < -0.39 is 64.4 Å². The molecule has 0 aliphatic carbocycles. The van der Waals surface area contributed by atoms with Crippen LogP contribution in [0.25, 0.3) is 11.0 Å². The van der Waals surface area contributed by atoms with Crippen molar-refractivity contribution in [2.24, 2.45) is 5.92 Å². The van der Waals surface area contributed by atoms with Crippen molar-refractivity contribution in [3.63, 3.8) is 0 Å². The number of halogens is 7. The molecule has 3 rings (SSSR count). The van der Waals surface area contributed by atoms with E-state index in [1.165, 1.54) is 0 Å². The van der Waals surface area contributed by atoms with Gasteiger partial charge in [-0.3, -0.25) is 14.8 Å². The largest absolute Gasteiger partial charge is 0.419 e. The number of rotatable bonds is 4. The van der Waals surface area contributed by atoms with Crippen LogP contribution in [0.15, 0.2) is 27.8 Å². The van der Waals surface area contributed by atoms with Crippen LogP contribution in [0.1, 0.15) is 36.7 Å². The van der Waals surface area contributed by atoms with Crippen LogP contribution in [-0.4, -0.2) is 25.9 Å². The van der Waals surface area contributed by atoms with Gasteiger partial charge in [0.15, 0.2) is 0 Å². The van der Waals surface area contributed by atoms with Gasteiger partial charge in [-0.2, -0.15) is 31.4 Å². The summed E-state index contributed by atoms with van der Waals surface area (Å²) in [5.74, 6) is -2.10. The average Bonchev–Trinajstić information content (AvgIpc) is 2.89. The molecule has 2 N–H and O–H groups in total. The Morgan fingerprint density at radius 1 is 1.06 bits per heavy atom. The van der Waals surface area contributed by atoms with Crippen molar-refractivity contribution in [1.29, 1.82) is 0 Å². The third-order valence-corrected chi connectivity index (χ3v) is 4.57. The van der Waals surface area contributed by atoms with Crippen LogP contribution in [-0.2, 0) is 12.6 Å². The zero-order valence-electron chi connectivity index (χ0n) is 16.0. The molecule has 1 unspecified atom stereocenters. The van der Waals surface area contributed by atoms with Gasteiger partial charge in [0.1, 0.15) is 16.9 Å². The first-order chi connectivity index (χ1) is 14.2. The fourth-order valence-corrected chi connectivity index (χ4v) is 3.41. The van der Waals surface area contributed by atoms with Crippen LogP contribution < -0.4 is 11.2 Å². The molecule has 0 spiro atoms. The normalized spacial score (nSPS) is 13.9. The second kappa shape index (κ2) is 7.54. The van der Waals surface area contributed by atoms with E-state index in [4.69, 9.17) is 0 Å². The zero-order chi connectivity index (χ0) is 23.3. The summed E-state index contributed by atoms with van der Waals surface area (Å²) in [6.07, 6.45) is -11.3. The molecule has 168 valence electrons. The quantitative estimate of drug-likeness (QED) is 0.589. The lowest BCUT2D eigenvalue weighted by Crippen LogP contribution is -2.25. The summed E-state index contributed by atoms with van der Waals surface area (Å²) >= 11 is 0. The number of hydrogen-bond donors (Lipinski definition) is 2. The molecule has 2 heterocycles. The summed E-state index contributed by atoms with van der Waals surface area (Å²) in [5.41, 5.74) is -4.70. The topological polar surface area (TPSA) is 83.5 Å². The molecular formula is C18H15F7N4O2. The number of hydrogen-bond acceptors (Lipinski definition) is 3. The van der Waals surface area contributed by atoms with Crippen molar-refractivity contribution in [2.45, 2.75) is 38.7 Å². The molecule has 1 aromatic carbocycles. The lowest BCUT2D eigenvalue weighted by molar-refractivity contribution is -0.140. The molecule has 3 aromatic rings. The highest BCUT2D eigenvalue weighted by atomic mass is 19.4. The molecule has 0 saturated carbocycles. The van der Waals surface area contributed by atoms with Crippen molar-refractivity contribution in [3.8, 4) is 0 Å². The number of aromatic amines is 2. The molecule has 0 bridgehead atoms. The number of aromatic nitrogens is 4. The van der Waals surface area contributed by atoms with Gasteiger partial charge in [-0.1, -0.05) is 19.9 Å². The Bertz CT molecular complexity index is 1230. The number of H-pyrrole nitrogens is 2. The Kier molecular flexibility index (Phi) is 5.48. The standard InChI is InChI=1S/C18H15F7N4O2/c1-7(2)13(8-3-4-9(10(19)5-8)18(23,24)25)29-14-12(15(30)27-16(31)26-14)11(28-29)6-17(20,21)22/h3-5,7,13H,6H2,1-2H3,(H2,26,27,30,31). The van der Waals surface area contributed by atoms with Crippen LogP contribution in [0.4, 0.5) is 30.7 Å². The number of fused-ring (bicyclic) bond motifs is 1. The van der Waals surface area contributed by atoms with Gasteiger partial charge in [0.05, 0.1) is 23.7 Å². The van der Waals surface area contributed by atoms with E-state index in [-0.39, 0.29) is 11.2 Å². The van der Waals surface area contributed by atoms with E-state index >= 15 is 0 Å². The third kappa shape index (κ3) is 4.49. The van der Waals surface area contributed by atoms with Crippen LogP contribution in [0.3, 0.4) is 0 Å². The Labute approximate surface area is 168 Å². The number of alkyl halides is 6. The Morgan fingerprint density at radius 2 is 1.71 bits per heavy atom. The molecule has 0 saturated heterocycles. The van der Waals surface area contributed by atoms with Crippen LogP contribution in [0, 0.1) is 11.7 Å². The van der Waals surface area contributed by atoms with Crippen molar-refractivity contribution in [3.05, 3.63) is 61.7 Å². The van der Waals surface area contributed by atoms with E-state index in [1.54, 1.807) is 13.8 Å². The second-order valence-corrected chi connectivity index (χ2v) is 7.24. The van der Waals surface area contributed by atoms with Gasteiger partial charge in [-0.05, 0) is 23.6 Å². The van der Waals surface area contributed by atoms with E-state index in [2.05, 4.69) is 10.1 Å². The molecule has 6 nitrogen and oxygen atoms in total. The maximum absolute atomic E-state index is 14.1. The van der Waals surface area contributed by atoms with Crippen LogP contribution in [0.5, 0.6) is 0 Å². The summed E-state index contributed by atoms with van der Waals surface area (Å²) in [7, 11) is 0. The average molecular weight is 452 g/mol. The van der Waals surface area contributed by atoms with Crippen LogP contribution >= 0.6 is 0 Å². The Hall–Kier alpha value is -3.12. The van der Waals surface area contributed by atoms with Crippen LogP contribution in [0.2, 0.25) is 0 Å². The van der Waals surface area contributed by atoms with E-state index in [1.807, 2.05) is 4.98 Å². The van der Waals surface area contributed by atoms with E-state index in [0.717, 1.165) is 10.7 Å². The van der Waals surface area contributed by atoms with Crippen molar-refractivity contribution in [2.75, 3.05) is 0 Å². The molecule has 0 aliphatic rings.